The molecule has 0 radical (unpaired) electrons. The average molecular weight is 384 g/mol. The van der Waals surface area contributed by atoms with E-state index in [0.717, 1.165) is 26.2 Å². The topological polar surface area (TPSA) is 94.7 Å². The number of fused-ring (bicyclic) bond motifs is 1. The number of pyridine rings is 1. The van der Waals surface area contributed by atoms with Crippen molar-refractivity contribution in [2.45, 2.75) is 18.3 Å². The van der Waals surface area contributed by atoms with E-state index in [-0.39, 0.29) is 11.7 Å². The van der Waals surface area contributed by atoms with Gasteiger partial charge in [0.1, 0.15) is 6.10 Å². The first kappa shape index (κ1) is 19.7. The second-order valence-electron chi connectivity index (χ2n) is 5.58. The van der Waals surface area contributed by atoms with Gasteiger partial charge in [0, 0.05) is 44.0 Å². The van der Waals surface area contributed by atoms with Gasteiger partial charge in [0.2, 0.25) is 0 Å². The Morgan fingerprint density at radius 2 is 2.12 bits per heavy atom. The molecule has 0 aromatic carbocycles. The lowest BCUT2D eigenvalue weighted by Crippen LogP contribution is -2.57. The minimum Gasteiger partial charge on any atom is -0.475 e. The lowest BCUT2D eigenvalue weighted by Gasteiger charge is -2.42. The van der Waals surface area contributed by atoms with E-state index in [9.17, 15) is 18.0 Å². The molecule has 0 saturated carbocycles. The highest BCUT2D eigenvalue weighted by Gasteiger charge is 2.38. The summed E-state index contributed by atoms with van der Waals surface area (Å²) >= 11 is 5.92. The van der Waals surface area contributed by atoms with Crippen molar-refractivity contribution in [1.29, 1.82) is 0 Å². The van der Waals surface area contributed by atoms with Crippen LogP contribution in [0.25, 0.3) is 0 Å². The highest BCUT2D eigenvalue weighted by atomic mass is 35.5. The Balaban J connectivity index is 0.000000277. The molecule has 2 aliphatic heterocycles. The van der Waals surface area contributed by atoms with Crippen molar-refractivity contribution in [2.75, 3.05) is 32.8 Å². The van der Waals surface area contributed by atoms with Crippen molar-refractivity contribution in [3.63, 3.8) is 0 Å². The van der Waals surface area contributed by atoms with Gasteiger partial charge in [-0.25, -0.2) is 4.79 Å². The van der Waals surface area contributed by atoms with E-state index in [1.807, 2.05) is 0 Å². The van der Waals surface area contributed by atoms with Crippen LogP contribution < -0.4 is 10.9 Å². The molecule has 2 atom stereocenters. The summed E-state index contributed by atoms with van der Waals surface area (Å²) in [6.07, 6.45) is -3.76. The molecule has 2 aliphatic rings. The molecule has 7 nitrogen and oxygen atoms in total. The second-order valence-corrected chi connectivity index (χ2v) is 6.02. The third-order valence-electron chi connectivity index (χ3n) is 3.85. The van der Waals surface area contributed by atoms with Crippen LogP contribution in [0.4, 0.5) is 13.2 Å². The van der Waals surface area contributed by atoms with E-state index in [1.165, 1.54) is 6.20 Å². The third kappa shape index (κ3) is 5.43. The number of halogens is 4. The Bertz CT molecular complexity index is 667. The predicted octanol–water partition coefficient (Wildman–Crippen LogP) is 1.01. The van der Waals surface area contributed by atoms with Gasteiger partial charge in [-0.15, -0.1) is 0 Å². The second kappa shape index (κ2) is 8.17. The van der Waals surface area contributed by atoms with Crippen molar-refractivity contribution in [3.05, 3.63) is 33.2 Å². The molecule has 0 unspecified atom stereocenters. The summed E-state index contributed by atoms with van der Waals surface area (Å²) in [7, 11) is 0. The number of hydrogen-bond acceptors (Lipinski definition) is 5. The molecule has 140 valence electrons. The molecule has 0 amide bonds. The van der Waals surface area contributed by atoms with E-state index < -0.39 is 12.1 Å². The Labute approximate surface area is 145 Å². The van der Waals surface area contributed by atoms with Crippen molar-refractivity contribution in [3.8, 4) is 0 Å². The minimum absolute atomic E-state index is 0.113. The molecule has 3 rings (SSSR count). The number of aromatic nitrogens is 1. The molecule has 3 N–H and O–H groups in total. The minimum atomic E-state index is -5.08. The highest BCUT2D eigenvalue weighted by Crippen LogP contribution is 2.24. The summed E-state index contributed by atoms with van der Waals surface area (Å²) in [5.74, 6) is -2.76. The number of carbonyl (C=O) groups is 1. The van der Waals surface area contributed by atoms with Crippen LogP contribution in [0.2, 0.25) is 5.02 Å². The van der Waals surface area contributed by atoms with Gasteiger partial charge in [-0.05, 0) is 6.07 Å². The number of carboxylic acid groups (broad SMARTS) is 1. The standard InChI is InChI=1S/C12H16ClN3O2.C2HF3O2/c13-8-3-10(12(17)15-4-8)11-6-16-2-1-14-5-9(16)7-18-11;3-2(4,5)1(6)7/h3-4,9,11,14H,1-2,5-7H2,(H,15,17);(H,6,7)/t9-,11-;/m0./s1. The number of ether oxygens (including phenoxy) is 1. The first-order chi connectivity index (χ1) is 11.7. The van der Waals surface area contributed by atoms with Gasteiger partial charge >= 0.3 is 12.1 Å². The zero-order valence-electron chi connectivity index (χ0n) is 13.0. The molecule has 0 bridgehead atoms. The van der Waals surface area contributed by atoms with Crippen molar-refractivity contribution >= 4 is 17.6 Å². The van der Waals surface area contributed by atoms with Crippen LogP contribution in [0, 0.1) is 0 Å². The lowest BCUT2D eigenvalue weighted by molar-refractivity contribution is -0.192. The normalized spacial score (nSPS) is 24.0. The summed E-state index contributed by atoms with van der Waals surface area (Å²) in [6.45, 7) is 4.37. The molecule has 0 spiro atoms. The van der Waals surface area contributed by atoms with Crippen LogP contribution in [-0.2, 0) is 9.53 Å². The fourth-order valence-corrected chi connectivity index (χ4v) is 2.77. The number of alkyl halides is 3. The summed E-state index contributed by atoms with van der Waals surface area (Å²) < 4.78 is 37.5. The van der Waals surface area contributed by atoms with Crippen LogP contribution in [0.1, 0.15) is 11.7 Å². The fourth-order valence-electron chi connectivity index (χ4n) is 2.60. The van der Waals surface area contributed by atoms with Crippen LogP contribution in [0.15, 0.2) is 17.1 Å². The largest absolute Gasteiger partial charge is 0.490 e. The zero-order chi connectivity index (χ0) is 18.6. The Morgan fingerprint density at radius 3 is 2.76 bits per heavy atom. The predicted molar refractivity (Wildman–Crippen MR) is 82.7 cm³/mol. The van der Waals surface area contributed by atoms with Crippen LogP contribution >= 0.6 is 11.6 Å². The van der Waals surface area contributed by atoms with Crippen LogP contribution in [-0.4, -0.2) is 66.0 Å². The molecular weight excluding hydrogens is 367 g/mol. The smallest absolute Gasteiger partial charge is 0.475 e. The summed E-state index contributed by atoms with van der Waals surface area (Å²) in [5, 5.41) is 11.0. The summed E-state index contributed by atoms with van der Waals surface area (Å²) in [5.41, 5.74) is 0.512. The number of hydrogen-bond donors (Lipinski definition) is 3. The number of piperazine rings is 1. The molecule has 2 fully saturated rings. The average Bonchev–Trinajstić information content (AvgIpc) is 2.56. The quantitative estimate of drug-likeness (QED) is 0.670. The van der Waals surface area contributed by atoms with Gasteiger partial charge in [-0.2, -0.15) is 13.2 Å². The van der Waals surface area contributed by atoms with Gasteiger partial charge < -0.3 is 20.1 Å². The van der Waals surface area contributed by atoms with Gasteiger partial charge in [0.05, 0.1) is 11.6 Å². The monoisotopic (exact) mass is 383 g/mol. The van der Waals surface area contributed by atoms with Crippen molar-refractivity contribution in [1.82, 2.24) is 15.2 Å². The van der Waals surface area contributed by atoms with Gasteiger partial charge in [0.25, 0.3) is 5.56 Å². The van der Waals surface area contributed by atoms with Gasteiger partial charge in [-0.3, -0.25) is 9.69 Å². The van der Waals surface area contributed by atoms with E-state index in [0.29, 0.717) is 23.2 Å². The number of nitrogens with zero attached hydrogens (tertiary/aromatic N) is 1. The number of aromatic amines is 1. The molecule has 1 aromatic rings. The van der Waals surface area contributed by atoms with E-state index >= 15 is 0 Å². The zero-order valence-corrected chi connectivity index (χ0v) is 13.7. The number of rotatable bonds is 1. The van der Waals surface area contributed by atoms with E-state index in [2.05, 4.69) is 15.2 Å². The van der Waals surface area contributed by atoms with Crippen molar-refractivity contribution < 1.29 is 27.8 Å². The highest BCUT2D eigenvalue weighted by molar-refractivity contribution is 6.30. The number of carboxylic acids is 1. The number of nitrogens with one attached hydrogen (secondary N) is 2. The molecule has 2 saturated heterocycles. The van der Waals surface area contributed by atoms with Crippen molar-refractivity contribution in [2.24, 2.45) is 0 Å². The maximum atomic E-state index is 11.8. The molecule has 25 heavy (non-hydrogen) atoms. The fraction of sp³-hybridized carbons (Fsp3) is 0.571. The number of morpholine rings is 1. The lowest BCUT2D eigenvalue weighted by atomic mass is 10.1. The third-order valence-corrected chi connectivity index (χ3v) is 4.07. The molecular formula is C14H17ClF3N3O4. The number of H-pyrrole nitrogens is 1. The van der Waals surface area contributed by atoms with Gasteiger partial charge in [0.15, 0.2) is 0 Å². The maximum Gasteiger partial charge on any atom is 0.490 e. The van der Waals surface area contributed by atoms with E-state index in [4.69, 9.17) is 26.2 Å². The van der Waals surface area contributed by atoms with E-state index in [1.54, 1.807) is 6.07 Å². The Kier molecular flexibility index (Phi) is 6.44. The van der Waals surface area contributed by atoms with Crippen LogP contribution in [0.5, 0.6) is 0 Å². The van der Waals surface area contributed by atoms with Crippen LogP contribution in [0.3, 0.4) is 0 Å². The summed E-state index contributed by atoms with van der Waals surface area (Å²) in [4.78, 5) is 25.7. The molecule has 3 heterocycles. The molecule has 11 heteroatoms. The first-order valence-electron chi connectivity index (χ1n) is 7.43. The number of aliphatic carboxylic acids is 1. The maximum absolute atomic E-state index is 11.8. The first-order valence-corrected chi connectivity index (χ1v) is 7.81. The Morgan fingerprint density at radius 1 is 1.44 bits per heavy atom. The Hall–Kier alpha value is -1.62. The SMILES string of the molecule is O=C(O)C(F)(F)F.O=c1[nH]cc(Cl)cc1[C@@H]1CN2CCNC[C@H]2CO1. The molecule has 0 aliphatic carbocycles. The summed E-state index contributed by atoms with van der Waals surface area (Å²) in [6, 6.07) is 2.13. The van der Waals surface area contributed by atoms with Gasteiger partial charge in [-0.1, -0.05) is 11.6 Å². The molecule has 1 aromatic heterocycles.